The van der Waals surface area contributed by atoms with E-state index in [1.807, 2.05) is 45.0 Å². The Morgan fingerprint density at radius 2 is 1.89 bits per heavy atom. The summed E-state index contributed by atoms with van der Waals surface area (Å²) in [7, 11) is 0. The van der Waals surface area contributed by atoms with Crippen LogP contribution in [0.25, 0.3) is 0 Å². The van der Waals surface area contributed by atoms with E-state index in [1.54, 1.807) is 0 Å². The van der Waals surface area contributed by atoms with Gasteiger partial charge in [0, 0.05) is 12.2 Å². The molecule has 0 saturated carbocycles. The van der Waals surface area contributed by atoms with Crippen molar-refractivity contribution in [3.8, 4) is 0 Å². The molecule has 4 heteroatoms. The topological polar surface area (TPSA) is 61.4 Å². The van der Waals surface area contributed by atoms with Crippen molar-refractivity contribution in [2.75, 3.05) is 18.4 Å². The van der Waals surface area contributed by atoms with Gasteiger partial charge in [-0.1, -0.05) is 32.0 Å². The summed E-state index contributed by atoms with van der Waals surface area (Å²) in [4.78, 5) is 11.8. The monoisotopic (exact) mass is 264 g/mol. The van der Waals surface area contributed by atoms with Crippen LogP contribution in [0.2, 0.25) is 0 Å². The van der Waals surface area contributed by atoms with Crippen molar-refractivity contribution in [1.82, 2.24) is 5.32 Å². The van der Waals surface area contributed by atoms with E-state index < -0.39 is 5.60 Å². The summed E-state index contributed by atoms with van der Waals surface area (Å²) in [5.74, 6) is -0.0937. The molecule has 0 saturated heterocycles. The lowest BCUT2D eigenvalue weighted by Crippen LogP contribution is -2.42. The molecule has 0 aliphatic carbocycles. The van der Waals surface area contributed by atoms with E-state index in [4.69, 9.17) is 0 Å². The zero-order valence-corrected chi connectivity index (χ0v) is 12.0. The Labute approximate surface area is 115 Å². The highest BCUT2D eigenvalue weighted by atomic mass is 16.3. The van der Waals surface area contributed by atoms with E-state index in [0.29, 0.717) is 19.4 Å². The van der Waals surface area contributed by atoms with Crippen molar-refractivity contribution in [2.45, 2.75) is 39.2 Å². The molecular formula is C15H24N2O2. The Morgan fingerprint density at radius 3 is 2.47 bits per heavy atom. The number of hydrogen-bond acceptors (Lipinski definition) is 3. The molecule has 0 heterocycles. The maximum absolute atomic E-state index is 11.8. The van der Waals surface area contributed by atoms with Gasteiger partial charge in [-0.2, -0.15) is 0 Å². The molecule has 0 bridgehead atoms. The summed E-state index contributed by atoms with van der Waals surface area (Å²) in [6, 6.07) is 7.66. The first kappa shape index (κ1) is 15.7. The van der Waals surface area contributed by atoms with Gasteiger partial charge in [-0.25, -0.2) is 0 Å². The minimum absolute atomic E-state index is 0.0937. The molecular weight excluding hydrogens is 240 g/mol. The smallest absolute Gasteiger partial charge is 0.238 e. The fourth-order valence-corrected chi connectivity index (χ4v) is 1.82. The van der Waals surface area contributed by atoms with Gasteiger partial charge in [-0.15, -0.1) is 0 Å². The van der Waals surface area contributed by atoms with Gasteiger partial charge in [0.15, 0.2) is 0 Å². The summed E-state index contributed by atoms with van der Waals surface area (Å²) < 4.78 is 0. The second-order valence-corrected chi connectivity index (χ2v) is 4.90. The quantitative estimate of drug-likeness (QED) is 0.706. The minimum atomic E-state index is -0.719. The van der Waals surface area contributed by atoms with Crippen LogP contribution in [-0.2, 0) is 4.79 Å². The zero-order valence-electron chi connectivity index (χ0n) is 12.0. The van der Waals surface area contributed by atoms with E-state index in [-0.39, 0.29) is 12.5 Å². The van der Waals surface area contributed by atoms with Crippen LogP contribution in [0, 0.1) is 6.92 Å². The Kier molecular flexibility index (Phi) is 5.99. The lowest BCUT2D eigenvalue weighted by Gasteiger charge is -2.25. The number of carbonyl (C=O) groups excluding carboxylic acids is 1. The molecule has 0 radical (unpaired) electrons. The summed E-state index contributed by atoms with van der Waals surface area (Å²) in [5, 5.41) is 15.9. The van der Waals surface area contributed by atoms with Crippen LogP contribution >= 0.6 is 0 Å². The maximum atomic E-state index is 11.8. The van der Waals surface area contributed by atoms with E-state index in [0.717, 1.165) is 11.3 Å². The number of rotatable bonds is 7. The largest absolute Gasteiger partial charge is 0.389 e. The number of carbonyl (C=O) groups is 1. The van der Waals surface area contributed by atoms with Gasteiger partial charge in [-0.05, 0) is 31.4 Å². The van der Waals surface area contributed by atoms with Crippen LogP contribution in [0.3, 0.4) is 0 Å². The Balaban J connectivity index is 2.39. The summed E-state index contributed by atoms with van der Waals surface area (Å²) >= 11 is 0. The van der Waals surface area contributed by atoms with Crippen LogP contribution in [0.4, 0.5) is 5.69 Å². The van der Waals surface area contributed by atoms with Gasteiger partial charge in [0.1, 0.15) is 0 Å². The van der Waals surface area contributed by atoms with Crippen LogP contribution in [0.1, 0.15) is 32.3 Å². The molecule has 0 spiro atoms. The fraction of sp³-hybridized carbons (Fsp3) is 0.533. The first-order valence-electron chi connectivity index (χ1n) is 6.79. The predicted molar refractivity (Wildman–Crippen MR) is 78.2 cm³/mol. The lowest BCUT2D eigenvalue weighted by atomic mass is 9.98. The van der Waals surface area contributed by atoms with Crippen LogP contribution in [-0.4, -0.2) is 29.7 Å². The third-order valence-electron chi connectivity index (χ3n) is 3.47. The SMILES string of the molecule is CCC(O)(CC)CNCC(=O)Nc1ccccc1C. The van der Waals surface area contributed by atoms with Gasteiger partial charge < -0.3 is 15.7 Å². The molecule has 3 N–H and O–H groups in total. The number of benzene rings is 1. The van der Waals surface area contributed by atoms with E-state index >= 15 is 0 Å². The highest BCUT2D eigenvalue weighted by Crippen LogP contribution is 2.13. The van der Waals surface area contributed by atoms with Crippen molar-refractivity contribution in [3.05, 3.63) is 29.8 Å². The molecule has 0 aliphatic rings. The molecule has 1 aromatic rings. The van der Waals surface area contributed by atoms with Crippen molar-refractivity contribution in [3.63, 3.8) is 0 Å². The van der Waals surface area contributed by atoms with E-state index in [1.165, 1.54) is 0 Å². The summed E-state index contributed by atoms with van der Waals surface area (Å²) in [5.41, 5.74) is 1.15. The first-order chi connectivity index (χ1) is 9.00. The molecule has 0 fully saturated rings. The third-order valence-corrected chi connectivity index (χ3v) is 3.47. The van der Waals surface area contributed by atoms with Crippen molar-refractivity contribution >= 4 is 11.6 Å². The molecule has 1 aromatic carbocycles. The van der Waals surface area contributed by atoms with Gasteiger partial charge in [-0.3, -0.25) is 4.79 Å². The number of para-hydroxylation sites is 1. The molecule has 0 aliphatic heterocycles. The summed E-state index contributed by atoms with van der Waals surface area (Å²) in [6.45, 7) is 6.48. The number of aliphatic hydroxyl groups is 1. The number of aryl methyl sites for hydroxylation is 1. The highest BCUT2D eigenvalue weighted by molar-refractivity contribution is 5.92. The second-order valence-electron chi connectivity index (χ2n) is 4.90. The van der Waals surface area contributed by atoms with E-state index in [9.17, 15) is 9.90 Å². The zero-order chi connectivity index (χ0) is 14.3. The molecule has 0 atom stereocenters. The molecule has 1 rings (SSSR count). The fourth-order valence-electron chi connectivity index (χ4n) is 1.82. The average molecular weight is 264 g/mol. The Bertz CT molecular complexity index is 414. The molecule has 0 unspecified atom stereocenters. The highest BCUT2D eigenvalue weighted by Gasteiger charge is 2.21. The van der Waals surface area contributed by atoms with Crippen LogP contribution in [0.5, 0.6) is 0 Å². The van der Waals surface area contributed by atoms with Crippen LogP contribution < -0.4 is 10.6 Å². The van der Waals surface area contributed by atoms with Crippen molar-refractivity contribution in [1.29, 1.82) is 0 Å². The summed E-state index contributed by atoms with van der Waals surface area (Å²) in [6.07, 6.45) is 1.35. The molecule has 1 amide bonds. The number of anilines is 1. The molecule has 0 aromatic heterocycles. The predicted octanol–water partition coefficient (Wildman–Crippen LogP) is 2.07. The molecule has 19 heavy (non-hydrogen) atoms. The first-order valence-corrected chi connectivity index (χ1v) is 6.79. The lowest BCUT2D eigenvalue weighted by molar-refractivity contribution is -0.115. The van der Waals surface area contributed by atoms with Crippen molar-refractivity contribution < 1.29 is 9.90 Å². The second kappa shape index (κ2) is 7.26. The number of amides is 1. The maximum Gasteiger partial charge on any atom is 0.238 e. The normalized spacial score (nSPS) is 11.4. The number of hydrogen-bond donors (Lipinski definition) is 3. The third kappa shape index (κ3) is 5.01. The van der Waals surface area contributed by atoms with Gasteiger partial charge in [0.2, 0.25) is 5.91 Å². The van der Waals surface area contributed by atoms with Crippen molar-refractivity contribution in [2.24, 2.45) is 0 Å². The number of nitrogens with one attached hydrogen (secondary N) is 2. The average Bonchev–Trinajstić information content (AvgIpc) is 2.41. The standard InChI is InChI=1S/C15H24N2O2/c1-4-15(19,5-2)11-16-10-14(18)17-13-9-7-6-8-12(13)3/h6-9,16,19H,4-5,10-11H2,1-3H3,(H,17,18). The molecule has 4 nitrogen and oxygen atoms in total. The van der Waals surface area contributed by atoms with Gasteiger partial charge in [0.25, 0.3) is 0 Å². The van der Waals surface area contributed by atoms with Gasteiger partial charge >= 0.3 is 0 Å². The van der Waals surface area contributed by atoms with E-state index in [2.05, 4.69) is 10.6 Å². The van der Waals surface area contributed by atoms with Crippen LogP contribution in [0.15, 0.2) is 24.3 Å². The molecule has 106 valence electrons. The Morgan fingerprint density at radius 1 is 1.26 bits per heavy atom. The Hall–Kier alpha value is -1.39. The van der Waals surface area contributed by atoms with Gasteiger partial charge in [0.05, 0.1) is 12.1 Å². The minimum Gasteiger partial charge on any atom is -0.389 e.